The summed E-state index contributed by atoms with van der Waals surface area (Å²) in [6, 6.07) is -0.993. The van der Waals surface area contributed by atoms with Crippen LogP contribution in [0.3, 0.4) is 0 Å². The van der Waals surface area contributed by atoms with E-state index in [0.29, 0.717) is 12.8 Å². The van der Waals surface area contributed by atoms with Gasteiger partial charge < -0.3 is 89.9 Å². The highest BCUT2D eigenvalue weighted by molar-refractivity contribution is 5.76. The molecular weight excluding hydrogens is 1090 g/mol. The molecule has 3 rings (SSSR count). The van der Waals surface area contributed by atoms with Gasteiger partial charge in [0.15, 0.2) is 18.9 Å². The molecule has 0 saturated carbocycles. The Bertz CT molecular complexity index is 1690. The van der Waals surface area contributed by atoms with Gasteiger partial charge in [0, 0.05) is 6.42 Å². The van der Waals surface area contributed by atoms with Gasteiger partial charge >= 0.3 is 0 Å². The van der Waals surface area contributed by atoms with Crippen molar-refractivity contribution in [1.29, 1.82) is 0 Å². The van der Waals surface area contributed by atoms with Crippen molar-refractivity contribution in [3.63, 3.8) is 0 Å². The lowest BCUT2D eigenvalue weighted by Gasteiger charge is -2.48. The number of hydrogen-bond acceptors (Lipinski definition) is 18. The van der Waals surface area contributed by atoms with Crippen LogP contribution < -0.4 is 5.32 Å². The molecule has 0 aromatic carbocycles. The van der Waals surface area contributed by atoms with Crippen LogP contribution in [-0.2, 0) is 33.2 Å². The maximum atomic E-state index is 13.3. The molecular formula is C66H121NO18. The molecule has 3 aliphatic heterocycles. The average molecular weight is 1220 g/mol. The van der Waals surface area contributed by atoms with Gasteiger partial charge in [-0.15, -0.1) is 0 Å². The van der Waals surface area contributed by atoms with Crippen LogP contribution in [0.25, 0.3) is 0 Å². The Balaban J connectivity index is 1.46. The van der Waals surface area contributed by atoms with Gasteiger partial charge in [-0.25, -0.2) is 0 Å². The molecule has 0 spiro atoms. The maximum Gasteiger partial charge on any atom is 0.220 e. The number of hydrogen-bond donors (Lipinski definition) is 12. The number of amides is 1. The number of unbranched alkanes of at least 4 members (excludes halogenated alkanes) is 31. The predicted octanol–water partition coefficient (Wildman–Crippen LogP) is 8.05. The number of ether oxygens (including phenoxy) is 6. The molecule has 19 nitrogen and oxygen atoms in total. The van der Waals surface area contributed by atoms with Crippen LogP contribution >= 0.6 is 0 Å². The van der Waals surface area contributed by atoms with E-state index in [1.165, 1.54) is 167 Å². The van der Waals surface area contributed by atoms with Crippen molar-refractivity contribution < 1.29 is 89.4 Å². The lowest BCUT2D eigenvalue weighted by Crippen LogP contribution is -2.66. The number of aliphatic hydroxyl groups excluding tert-OH is 11. The Morgan fingerprint density at radius 1 is 0.412 bits per heavy atom. The summed E-state index contributed by atoms with van der Waals surface area (Å²) in [6.07, 6.45) is 28.5. The van der Waals surface area contributed by atoms with E-state index in [9.17, 15) is 61.0 Å². The zero-order valence-corrected chi connectivity index (χ0v) is 52.3. The standard InChI is InChI=1S/C66H121NO18/c1-3-5-7-9-11-13-15-17-19-20-21-22-23-24-25-26-27-28-29-30-31-33-35-37-39-41-43-50(71)49(67-54(72)44-42-40-38-36-34-32-18-16-14-12-10-8-6-4-2)48-80-64-60(78)57(75)62(52(46-69)82-64)85-66-61(79)58(76)63(53(47-70)83-66)84-65-59(77)56(74)55(73)51(45-68)81-65/h28-29,33,35,41,43,49-53,55-66,68-71,73-79H,3-27,30-32,34,36-40,42,44-48H2,1-2H3,(H,67,72)/b29-28+,35-33+,43-41+. The second-order valence-electron chi connectivity index (χ2n) is 24.3. The van der Waals surface area contributed by atoms with Gasteiger partial charge in [-0.3, -0.25) is 4.79 Å². The molecule has 0 aliphatic carbocycles. The van der Waals surface area contributed by atoms with Gasteiger partial charge in [0.05, 0.1) is 38.6 Å². The van der Waals surface area contributed by atoms with Crippen molar-refractivity contribution >= 4 is 5.91 Å². The molecule has 12 N–H and O–H groups in total. The Morgan fingerprint density at radius 3 is 1.18 bits per heavy atom. The van der Waals surface area contributed by atoms with Crippen LogP contribution in [0.1, 0.15) is 245 Å². The number of rotatable bonds is 51. The SMILES string of the molecule is CCCCCCCCCCCCCCCCCC/C=C/CC/C=C/CC/C=C/C(O)C(COC1OC(CO)C(OC2OC(CO)C(OC3OC(CO)C(O)C(O)C3O)C(O)C2O)C(O)C1O)NC(=O)CCCCCCCCCCCCCCCC. The van der Waals surface area contributed by atoms with E-state index in [1.54, 1.807) is 6.08 Å². The molecule has 0 radical (unpaired) electrons. The fraction of sp³-hybridized carbons (Fsp3) is 0.894. The summed E-state index contributed by atoms with van der Waals surface area (Å²) in [5.74, 6) is -0.288. The Morgan fingerprint density at radius 2 is 0.753 bits per heavy atom. The monoisotopic (exact) mass is 1220 g/mol. The van der Waals surface area contributed by atoms with E-state index >= 15 is 0 Å². The van der Waals surface area contributed by atoms with E-state index in [0.717, 1.165) is 44.9 Å². The quantitative estimate of drug-likeness (QED) is 0.0202. The van der Waals surface area contributed by atoms with Gasteiger partial charge in [0.1, 0.15) is 73.2 Å². The second kappa shape index (κ2) is 48.8. The van der Waals surface area contributed by atoms with E-state index in [-0.39, 0.29) is 18.9 Å². The number of nitrogens with one attached hydrogen (secondary N) is 1. The van der Waals surface area contributed by atoms with Crippen molar-refractivity contribution in [3.05, 3.63) is 36.5 Å². The van der Waals surface area contributed by atoms with Crippen LogP contribution in [0.15, 0.2) is 36.5 Å². The summed E-state index contributed by atoms with van der Waals surface area (Å²) in [4.78, 5) is 13.3. The van der Waals surface area contributed by atoms with Crippen molar-refractivity contribution in [2.45, 2.75) is 349 Å². The number of aliphatic hydroxyl groups is 11. The van der Waals surface area contributed by atoms with E-state index < -0.39 is 124 Å². The first-order valence-electron chi connectivity index (χ1n) is 33.7. The van der Waals surface area contributed by atoms with Crippen molar-refractivity contribution in [2.75, 3.05) is 26.4 Å². The van der Waals surface area contributed by atoms with Crippen LogP contribution in [0, 0.1) is 0 Å². The molecule has 1 amide bonds. The summed E-state index contributed by atoms with van der Waals surface area (Å²) in [6.45, 7) is 1.72. The minimum atomic E-state index is -1.98. The third kappa shape index (κ3) is 31.5. The number of carbonyl (C=O) groups is 1. The molecule has 3 heterocycles. The van der Waals surface area contributed by atoms with Gasteiger partial charge in [0.25, 0.3) is 0 Å². The molecule has 19 heteroatoms. The zero-order valence-electron chi connectivity index (χ0n) is 52.3. The maximum absolute atomic E-state index is 13.3. The van der Waals surface area contributed by atoms with Crippen LogP contribution in [0.4, 0.5) is 0 Å². The first-order chi connectivity index (χ1) is 41.3. The molecule has 0 bridgehead atoms. The zero-order chi connectivity index (χ0) is 61.9. The van der Waals surface area contributed by atoms with E-state index in [4.69, 9.17) is 28.4 Å². The minimum absolute atomic E-state index is 0.235. The van der Waals surface area contributed by atoms with Crippen molar-refractivity contribution in [2.24, 2.45) is 0 Å². The van der Waals surface area contributed by atoms with E-state index in [2.05, 4.69) is 43.5 Å². The molecule has 498 valence electrons. The third-order valence-corrected chi connectivity index (χ3v) is 16.9. The predicted molar refractivity (Wildman–Crippen MR) is 328 cm³/mol. The highest BCUT2D eigenvalue weighted by atomic mass is 16.8. The molecule has 3 saturated heterocycles. The minimum Gasteiger partial charge on any atom is -0.394 e. The Labute approximate surface area is 511 Å². The average Bonchev–Trinajstić information content (AvgIpc) is 3.45. The summed E-state index contributed by atoms with van der Waals surface area (Å²) < 4.78 is 34.3. The third-order valence-electron chi connectivity index (χ3n) is 16.9. The molecule has 85 heavy (non-hydrogen) atoms. The Hall–Kier alpha value is -1.99. The summed E-state index contributed by atoms with van der Waals surface area (Å²) in [5, 5.41) is 120. The van der Waals surface area contributed by atoms with Crippen LogP contribution in [0.2, 0.25) is 0 Å². The largest absolute Gasteiger partial charge is 0.394 e. The van der Waals surface area contributed by atoms with E-state index in [1.807, 2.05) is 6.08 Å². The Kier molecular flexibility index (Phi) is 44.4. The lowest BCUT2D eigenvalue weighted by molar-refractivity contribution is -0.379. The highest BCUT2D eigenvalue weighted by Crippen LogP contribution is 2.33. The summed E-state index contributed by atoms with van der Waals surface area (Å²) >= 11 is 0. The second-order valence-corrected chi connectivity index (χ2v) is 24.3. The van der Waals surface area contributed by atoms with Gasteiger partial charge in [0.2, 0.25) is 5.91 Å². The highest BCUT2D eigenvalue weighted by Gasteiger charge is 2.53. The normalized spacial score (nSPS) is 29.2. The smallest absolute Gasteiger partial charge is 0.220 e. The van der Waals surface area contributed by atoms with Crippen LogP contribution in [-0.4, -0.2) is 193 Å². The summed E-state index contributed by atoms with van der Waals surface area (Å²) in [7, 11) is 0. The van der Waals surface area contributed by atoms with Crippen LogP contribution in [0.5, 0.6) is 0 Å². The number of allylic oxidation sites excluding steroid dienone is 5. The summed E-state index contributed by atoms with van der Waals surface area (Å²) in [5.41, 5.74) is 0. The topological polar surface area (TPSA) is 307 Å². The van der Waals surface area contributed by atoms with Gasteiger partial charge in [-0.05, 0) is 44.9 Å². The first kappa shape index (κ1) is 77.3. The fourth-order valence-corrected chi connectivity index (χ4v) is 11.4. The molecule has 3 aliphatic rings. The fourth-order valence-electron chi connectivity index (χ4n) is 11.4. The molecule has 0 aromatic rings. The lowest BCUT2D eigenvalue weighted by atomic mass is 9.96. The first-order valence-corrected chi connectivity index (χ1v) is 33.7. The van der Waals surface area contributed by atoms with Crippen molar-refractivity contribution in [1.82, 2.24) is 5.32 Å². The number of carbonyl (C=O) groups excluding carboxylic acids is 1. The van der Waals surface area contributed by atoms with Crippen molar-refractivity contribution in [3.8, 4) is 0 Å². The molecule has 0 aromatic heterocycles. The molecule has 17 unspecified atom stereocenters. The molecule has 17 atom stereocenters. The van der Waals surface area contributed by atoms with Gasteiger partial charge in [-0.2, -0.15) is 0 Å². The van der Waals surface area contributed by atoms with Gasteiger partial charge in [-0.1, -0.05) is 230 Å². The molecule has 3 fully saturated rings.